The Hall–Kier alpha value is -1.42. The Kier molecular flexibility index (Phi) is 3.15. The minimum Gasteiger partial charge on any atom is -0.495 e. The van der Waals surface area contributed by atoms with E-state index in [2.05, 4.69) is 18.7 Å². The lowest BCUT2D eigenvalue weighted by Gasteiger charge is -2.44. The van der Waals surface area contributed by atoms with Crippen molar-refractivity contribution in [3.63, 3.8) is 0 Å². The first kappa shape index (κ1) is 12.0. The Balaban J connectivity index is 2.38. The minimum atomic E-state index is -0.0261. The zero-order valence-corrected chi connectivity index (χ0v) is 10.7. The predicted octanol–water partition coefficient (Wildman–Crippen LogP) is 1.89. The van der Waals surface area contributed by atoms with Crippen LogP contribution in [-0.4, -0.2) is 32.4 Å². The molecule has 2 rings (SSSR count). The van der Waals surface area contributed by atoms with Gasteiger partial charge in [0.1, 0.15) is 5.75 Å². The van der Waals surface area contributed by atoms with Gasteiger partial charge in [0.2, 0.25) is 0 Å². The van der Waals surface area contributed by atoms with Crippen molar-refractivity contribution in [2.24, 2.45) is 0 Å². The number of nitrogens with zero attached hydrogens (tertiary/aromatic N) is 1. The minimum absolute atomic E-state index is 0.0261. The molecule has 0 aliphatic carbocycles. The molecule has 1 aromatic carbocycles. The first-order valence-electron chi connectivity index (χ1n) is 5.83. The van der Waals surface area contributed by atoms with Crippen molar-refractivity contribution in [1.29, 1.82) is 0 Å². The van der Waals surface area contributed by atoms with Crippen molar-refractivity contribution in [2.45, 2.75) is 19.4 Å². The van der Waals surface area contributed by atoms with E-state index >= 15 is 0 Å². The summed E-state index contributed by atoms with van der Waals surface area (Å²) in [6.45, 7) is 6.68. The van der Waals surface area contributed by atoms with E-state index in [0.717, 1.165) is 36.9 Å². The lowest BCUT2D eigenvalue weighted by atomic mass is 10.0. The van der Waals surface area contributed by atoms with E-state index in [1.165, 1.54) is 0 Å². The molecule has 4 nitrogen and oxygen atoms in total. The molecule has 1 aromatic rings. The third kappa shape index (κ3) is 2.31. The summed E-state index contributed by atoms with van der Waals surface area (Å²) in [7, 11) is 1.67. The third-order valence-electron chi connectivity index (χ3n) is 3.14. The van der Waals surface area contributed by atoms with Crippen molar-refractivity contribution in [2.75, 3.05) is 37.5 Å². The molecule has 0 aromatic heterocycles. The summed E-state index contributed by atoms with van der Waals surface area (Å²) in [5, 5.41) is 0. The van der Waals surface area contributed by atoms with Crippen molar-refractivity contribution in [1.82, 2.24) is 0 Å². The quantitative estimate of drug-likeness (QED) is 0.797. The number of nitrogens with two attached hydrogens (primary N) is 1. The monoisotopic (exact) mass is 236 g/mol. The van der Waals surface area contributed by atoms with Crippen LogP contribution in [0.1, 0.15) is 13.8 Å². The van der Waals surface area contributed by atoms with E-state index < -0.39 is 0 Å². The van der Waals surface area contributed by atoms with Crippen LogP contribution in [0, 0.1) is 0 Å². The van der Waals surface area contributed by atoms with E-state index in [1.54, 1.807) is 7.11 Å². The highest BCUT2D eigenvalue weighted by Gasteiger charge is 2.32. The molecule has 94 valence electrons. The van der Waals surface area contributed by atoms with Gasteiger partial charge in [0.05, 0.1) is 31.5 Å². The van der Waals surface area contributed by atoms with Crippen LogP contribution >= 0.6 is 0 Å². The van der Waals surface area contributed by atoms with Crippen LogP contribution in [0.2, 0.25) is 0 Å². The number of morpholine rings is 1. The van der Waals surface area contributed by atoms with E-state index in [9.17, 15) is 0 Å². The van der Waals surface area contributed by atoms with E-state index in [-0.39, 0.29) is 5.54 Å². The van der Waals surface area contributed by atoms with Gasteiger partial charge >= 0.3 is 0 Å². The summed E-state index contributed by atoms with van der Waals surface area (Å²) >= 11 is 0. The molecule has 2 N–H and O–H groups in total. The molecule has 0 saturated carbocycles. The fourth-order valence-electron chi connectivity index (χ4n) is 2.22. The Bertz CT molecular complexity index is 404. The predicted molar refractivity (Wildman–Crippen MR) is 69.7 cm³/mol. The fourth-order valence-corrected chi connectivity index (χ4v) is 2.22. The van der Waals surface area contributed by atoms with Gasteiger partial charge in [0.15, 0.2) is 0 Å². The number of rotatable bonds is 2. The first-order valence-corrected chi connectivity index (χ1v) is 5.83. The van der Waals surface area contributed by atoms with E-state index in [1.807, 2.05) is 18.2 Å². The van der Waals surface area contributed by atoms with Crippen molar-refractivity contribution < 1.29 is 9.47 Å². The number of methoxy groups -OCH3 is 1. The van der Waals surface area contributed by atoms with Gasteiger partial charge in [0.25, 0.3) is 0 Å². The number of hydrogen-bond acceptors (Lipinski definition) is 4. The maximum Gasteiger partial charge on any atom is 0.144 e. The van der Waals surface area contributed by atoms with Crippen LogP contribution < -0.4 is 15.4 Å². The van der Waals surface area contributed by atoms with Gasteiger partial charge in [-0.25, -0.2) is 0 Å². The van der Waals surface area contributed by atoms with Crippen LogP contribution in [0.25, 0.3) is 0 Å². The van der Waals surface area contributed by atoms with Crippen LogP contribution in [0.4, 0.5) is 11.4 Å². The summed E-state index contributed by atoms with van der Waals surface area (Å²) < 4.78 is 10.9. The molecule has 0 atom stereocenters. The molecule has 0 unspecified atom stereocenters. The topological polar surface area (TPSA) is 47.7 Å². The molecule has 1 heterocycles. The highest BCUT2D eigenvalue weighted by atomic mass is 16.5. The lowest BCUT2D eigenvalue weighted by molar-refractivity contribution is 0.0641. The van der Waals surface area contributed by atoms with Gasteiger partial charge in [-0.05, 0) is 26.0 Å². The molecular weight excluding hydrogens is 216 g/mol. The molecule has 0 radical (unpaired) electrons. The van der Waals surface area contributed by atoms with Gasteiger partial charge in [-0.15, -0.1) is 0 Å². The summed E-state index contributed by atoms with van der Waals surface area (Å²) in [4.78, 5) is 2.31. The standard InChI is InChI=1S/C13H20N2O2/c1-13(2)9-17-7-6-15(13)11-5-4-10(14)8-12(11)16-3/h4-5,8H,6-7,9,14H2,1-3H3. The second kappa shape index (κ2) is 4.45. The summed E-state index contributed by atoms with van der Waals surface area (Å²) in [6.07, 6.45) is 0. The van der Waals surface area contributed by atoms with Gasteiger partial charge in [0, 0.05) is 18.3 Å². The molecule has 17 heavy (non-hydrogen) atoms. The maximum atomic E-state index is 5.78. The molecule has 1 aliphatic heterocycles. The smallest absolute Gasteiger partial charge is 0.144 e. The van der Waals surface area contributed by atoms with Crippen LogP contribution in [0.5, 0.6) is 5.75 Å². The molecule has 0 spiro atoms. The van der Waals surface area contributed by atoms with E-state index in [4.69, 9.17) is 15.2 Å². The number of anilines is 2. The molecule has 0 bridgehead atoms. The maximum absolute atomic E-state index is 5.78. The zero-order chi connectivity index (χ0) is 12.5. The number of hydrogen-bond donors (Lipinski definition) is 1. The van der Waals surface area contributed by atoms with Crippen LogP contribution in [0.3, 0.4) is 0 Å². The highest BCUT2D eigenvalue weighted by Crippen LogP contribution is 2.35. The van der Waals surface area contributed by atoms with Gasteiger partial charge < -0.3 is 20.1 Å². The Labute approximate surface area is 102 Å². The van der Waals surface area contributed by atoms with Crippen molar-refractivity contribution >= 4 is 11.4 Å². The Morgan fingerprint density at radius 2 is 2.18 bits per heavy atom. The number of ether oxygens (including phenoxy) is 2. The number of nitrogen functional groups attached to an aromatic ring is 1. The molecule has 0 amide bonds. The van der Waals surface area contributed by atoms with Crippen LogP contribution in [-0.2, 0) is 4.74 Å². The summed E-state index contributed by atoms with van der Waals surface area (Å²) in [5.41, 5.74) is 7.55. The molecule has 1 saturated heterocycles. The zero-order valence-electron chi connectivity index (χ0n) is 10.7. The Morgan fingerprint density at radius 1 is 1.41 bits per heavy atom. The summed E-state index contributed by atoms with van der Waals surface area (Å²) in [6, 6.07) is 5.78. The van der Waals surface area contributed by atoms with Crippen LogP contribution in [0.15, 0.2) is 18.2 Å². The number of benzene rings is 1. The summed E-state index contributed by atoms with van der Waals surface area (Å²) in [5.74, 6) is 0.819. The largest absolute Gasteiger partial charge is 0.495 e. The Morgan fingerprint density at radius 3 is 2.82 bits per heavy atom. The SMILES string of the molecule is COc1cc(N)ccc1N1CCOCC1(C)C. The fraction of sp³-hybridized carbons (Fsp3) is 0.538. The lowest BCUT2D eigenvalue weighted by Crippen LogP contribution is -2.53. The first-order chi connectivity index (χ1) is 8.04. The average Bonchev–Trinajstić information content (AvgIpc) is 2.29. The normalized spacial score (nSPS) is 19.1. The van der Waals surface area contributed by atoms with Gasteiger partial charge in [-0.1, -0.05) is 0 Å². The second-order valence-corrected chi connectivity index (χ2v) is 4.95. The molecule has 1 aliphatic rings. The molecule has 4 heteroatoms. The second-order valence-electron chi connectivity index (χ2n) is 4.95. The highest BCUT2D eigenvalue weighted by molar-refractivity contribution is 5.65. The van der Waals surface area contributed by atoms with Gasteiger partial charge in [-0.2, -0.15) is 0 Å². The third-order valence-corrected chi connectivity index (χ3v) is 3.14. The molecular formula is C13H20N2O2. The van der Waals surface area contributed by atoms with Crippen molar-refractivity contribution in [3.8, 4) is 5.75 Å². The average molecular weight is 236 g/mol. The van der Waals surface area contributed by atoms with Crippen molar-refractivity contribution in [3.05, 3.63) is 18.2 Å². The molecule has 1 fully saturated rings. The van der Waals surface area contributed by atoms with Gasteiger partial charge in [-0.3, -0.25) is 0 Å². The van der Waals surface area contributed by atoms with E-state index in [0.29, 0.717) is 0 Å².